The molecule has 0 aliphatic heterocycles. The molecule has 0 bridgehead atoms. The van der Waals surface area contributed by atoms with E-state index in [0.717, 1.165) is 77.0 Å². The van der Waals surface area contributed by atoms with Gasteiger partial charge in [-0.2, -0.15) is 0 Å². The molecule has 0 aliphatic carbocycles. The zero-order valence-corrected chi connectivity index (χ0v) is 36.8. The standard InChI is InChI=1S/C46H83N2O6P/c1-6-8-10-12-14-16-18-20-22-23-24-25-26-28-30-32-34-36-38-40-46(50)47-44(43-54-55(51,52)53-42-41-48(3,4)5)45(49)39-37-35-33-31-29-27-21-19-17-15-13-11-9-7-2/h14,16-17,19-20,22,24-25,29,31,37,39,44-45,49H,6-13,15,18,21,23,26-28,30,32-36,38,40-43H2,1-5H3,(H-,47,50,51,52)/p+1/b16-14-,19-17+,22-20-,25-24-,31-29+,39-37+. The Morgan fingerprint density at radius 1 is 0.618 bits per heavy atom. The number of amides is 1. The average molecular weight is 792 g/mol. The lowest BCUT2D eigenvalue weighted by Crippen LogP contribution is -2.45. The first-order valence-electron chi connectivity index (χ1n) is 21.8. The van der Waals surface area contributed by atoms with Crippen LogP contribution in [0.4, 0.5) is 0 Å². The van der Waals surface area contributed by atoms with E-state index in [4.69, 9.17) is 9.05 Å². The number of phosphoric ester groups is 1. The van der Waals surface area contributed by atoms with Gasteiger partial charge >= 0.3 is 7.82 Å². The number of allylic oxidation sites excluding steroid dienone is 11. The Hall–Kier alpha value is -2.06. The molecule has 8 nitrogen and oxygen atoms in total. The van der Waals surface area contributed by atoms with E-state index in [-0.39, 0.29) is 19.1 Å². The molecular weight excluding hydrogens is 707 g/mol. The molecule has 0 spiro atoms. The Morgan fingerprint density at radius 2 is 1.05 bits per heavy atom. The molecule has 3 N–H and O–H groups in total. The van der Waals surface area contributed by atoms with Gasteiger partial charge < -0.3 is 19.8 Å². The molecule has 55 heavy (non-hydrogen) atoms. The lowest BCUT2D eigenvalue weighted by Gasteiger charge is -2.25. The van der Waals surface area contributed by atoms with E-state index < -0.39 is 20.0 Å². The van der Waals surface area contributed by atoms with Gasteiger partial charge in [-0.3, -0.25) is 13.8 Å². The highest BCUT2D eigenvalue weighted by Gasteiger charge is 2.27. The molecule has 0 aliphatic rings. The zero-order chi connectivity index (χ0) is 40.7. The third kappa shape index (κ3) is 40.0. The van der Waals surface area contributed by atoms with Crippen LogP contribution in [-0.4, -0.2) is 73.4 Å². The molecule has 1 amide bonds. The van der Waals surface area contributed by atoms with Gasteiger partial charge in [0.25, 0.3) is 0 Å². The predicted molar refractivity (Wildman–Crippen MR) is 235 cm³/mol. The summed E-state index contributed by atoms with van der Waals surface area (Å²) in [5.41, 5.74) is 0. The summed E-state index contributed by atoms with van der Waals surface area (Å²) in [6.45, 7) is 4.70. The van der Waals surface area contributed by atoms with Crippen LogP contribution in [0.1, 0.15) is 162 Å². The molecule has 0 saturated carbocycles. The van der Waals surface area contributed by atoms with E-state index in [1.807, 2.05) is 27.2 Å². The van der Waals surface area contributed by atoms with Crippen molar-refractivity contribution in [2.75, 3.05) is 40.9 Å². The Labute approximate surface area is 338 Å². The van der Waals surface area contributed by atoms with Crippen molar-refractivity contribution in [2.45, 2.75) is 174 Å². The maximum atomic E-state index is 12.9. The van der Waals surface area contributed by atoms with Crippen LogP contribution in [0.25, 0.3) is 0 Å². The zero-order valence-electron chi connectivity index (χ0n) is 35.9. The molecule has 0 radical (unpaired) electrons. The van der Waals surface area contributed by atoms with Gasteiger partial charge in [0.1, 0.15) is 13.2 Å². The summed E-state index contributed by atoms with van der Waals surface area (Å²) in [6.07, 6.45) is 49.7. The summed E-state index contributed by atoms with van der Waals surface area (Å²) in [7, 11) is 1.52. The van der Waals surface area contributed by atoms with Crippen LogP contribution in [0.5, 0.6) is 0 Å². The van der Waals surface area contributed by atoms with Crippen molar-refractivity contribution in [3.05, 3.63) is 72.9 Å². The number of carbonyl (C=O) groups excluding carboxylic acids is 1. The highest BCUT2D eigenvalue weighted by atomic mass is 31.2. The molecule has 318 valence electrons. The van der Waals surface area contributed by atoms with E-state index in [9.17, 15) is 19.4 Å². The summed E-state index contributed by atoms with van der Waals surface area (Å²) in [5.74, 6) is -0.208. The third-order valence-corrected chi connectivity index (χ3v) is 10.1. The van der Waals surface area contributed by atoms with Crippen molar-refractivity contribution < 1.29 is 32.9 Å². The monoisotopic (exact) mass is 792 g/mol. The summed E-state index contributed by atoms with van der Waals surface area (Å²) >= 11 is 0. The molecule has 0 saturated heterocycles. The Balaban J connectivity index is 4.53. The molecule has 9 heteroatoms. The minimum absolute atomic E-state index is 0.0471. The van der Waals surface area contributed by atoms with Gasteiger partial charge in [-0.05, 0) is 83.5 Å². The number of hydrogen-bond acceptors (Lipinski definition) is 5. The minimum atomic E-state index is -4.35. The Kier molecular flexibility index (Phi) is 36.1. The normalized spacial score (nSPS) is 15.1. The van der Waals surface area contributed by atoms with Gasteiger partial charge in [0, 0.05) is 6.42 Å². The molecule has 0 aromatic rings. The number of rotatable bonds is 38. The molecule has 3 atom stereocenters. The van der Waals surface area contributed by atoms with Crippen molar-refractivity contribution in [1.82, 2.24) is 5.32 Å². The van der Waals surface area contributed by atoms with Gasteiger partial charge in [-0.25, -0.2) is 4.57 Å². The fourth-order valence-electron chi connectivity index (χ4n) is 5.61. The van der Waals surface area contributed by atoms with Crippen LogP contribution in [0, 0.1) is 0 Å². The Morgan fingerprint density at radius 3 is 1.62 bits per heavy atom. The molecule has 0 heterocycles. The van der Waals surface area contributed by atoms with Crippen LogP contribution in [0.2, 0.25) is 0 Å². The van der Waals surface area contributed by atoms with Crippen LogP contribution in [0.3, 0.4) is 0 Å². The smallest absolute Gasteiger partial charge is 0.387 e. The first kappa shape index (κ1) is 52.9. The van der Waals surface area contributed by atoms with Crippen molar-refractivity contribution >= 4 is 13.7 Å². The minimum Gasteiger partial charge on any atom is -0.387 e. The van der Waals surface area contributed by atoms with Gasteiger partial charge in [-0.1, -0.05) is 145 Å². The van der Waals surface area contributed by atoms with Crippen molar-refractivity contribution in [3.63, 3.8) is 0 Å². The number of hydrogen-bond donors (Lipinski definition) is 3. The van der Waals surface area contributed by atoms with E-state index in [0.29, 0.717) is 17.4 Å². The third-order valence-electron chi connectivity index (χ3n) is 9.13. The topological polar surface area (TPSA) is 105 Å². The largest absolute Gasteiger partial charge is 0.472 e. The fourth-order valence-corrected chi connectivity index (χ4v) is 6.34. The molecule has 0 rings (SSSR count). The fraction of sp³-hybridized carbons (Fsp3) is 0.717. The number of nitrogens with zero attached hydrogens (tertiary/aromatic N) is 1. The maximum absolute atomic E-state index is 12.9. The average Bonchev–Trinajstić information content (AvgIpc) is 3.13. The second-order valence-electron chi connectivity index (χ2n) is 15.7. The van der Waals surface area contributed by atoms with Crippen LogP contribution >= 0.6 is 7.82 Å². The molecule has 0 aromatic heterocycles. The summed E-state index contributed by atoms with van der Waals surface area (Å²) in [5, 5.41) is 13.8. The van der Waals surface area contributed by atoms with Crippen molar-refractivity contribution in [1.29, 1.82) is 0 Å². The second kappa shape index (κ2) is 37.5. The van der Waals surface area contributed by atoms with Crippen molar-refractivity contribution in [3.8, 4) is 0 Å². The number of carbonyl (C=O) groups is 1. The first-order chi connectivity index (χ1) is 26.5. The number of nitrogens with one attached hydrogen (secondary N) is 1. The highest BCUT2D eigenvalue weighted by molar-refractivity contribution is 7.47. The van der Waals surface area contributed by atoms with E-state index in [1.54, 1.807) is 6.08 Å². The second-order valence-corrected chi connectivity index (χ2v) is 17.1. The maximum Gasteiger partial charge on any atom is 0.472 e. The molecule has 3 unspecified atom stereocenters. The first-order valence-corrected chi connectivity index (χ1v) is 23.3. The molecule has 0 fully saturated rings. The number of likely N-dealkylation sites (N-methyl/N-ethyl adjacent to an activating group) is 1. The molecular formula is C46H84N2O6P+. The SMILES string of the molecule is CCCCC/C=C\C/C=C\C/C=C\CCCCCCCCC(=O)NC(COP(=O)(O)OCC[N+](C)(C)C)C(O)/C=C/CC/C=C/CC/C=C/CCCCCC. The van der Waals surface area contributed by atoms with Gasteiger partial charge in [0.2, 0.25) is 5.91 Å². The molecule has 0 aromatic carbocycles. The number of aliphatic hydroxyl groups is 1. The highest BCUT2D eigenvalue weighted by Crippen LogP contribution is 2.43. The van der Waals surface area contributed by atoms with Crippen LogP contribution < -0.4 is 5.32 Å². The quantitative estimate of drug-likeness (QED) is 0.0249. The lowest BCUT2D eigenvalue weighted by atomic mass is 10.1. The van der Waals surface area contributed by atoms with Crippen molar-refractivity contribution in [2.24, 2.45) is 0 Å². The van der Waals surface area contributed by atoms with Crippen LogP contribution in [0.15, 0.2) is 72.9 Å². The number of aliphatic hydroxyl groups excluding tert-OH is 1. The van der Waals surface area contributed by atoms with E-state index in [2.05, 4.69) is 79.9 Å². The number of phosphoric acid groups is 1. The summed E-state index contributed by atoms with van der Waals surface area (Å²) in [4.78, 5) is 23.1. The van der Waals surface area contributed by atoms with Gasteiger partial charge in [0.15, 0.2) is 0 Å². The predicted octanol–water partition coefficient (Wildman–Crippen LogP) is 12.0. The van der Waals surface area contributed by atoms with Gasteiger partial charge in [0.05, 0.1) is 39.9 Å². The number of quaternary nitrogens is 1. The van der Waals surface area contributed by atoms with Gasteiger partial charge in [-0.15, -0.1) is 0 Å². The summed E-state index contributed by atoms with van der Waals surface area (Å²) < 4.78 is 23.5. The summed E-state index contributed by atoms with van der Waals surface area (Å²) in [6, 6.07) is -0.878. The van der Waals surface area contributed by atoms with Crippen LogP contribution in [-0.2, 0) is 18.4 Å². The lowest BCUT2D eigenvalue weighted by molar-refractivity contribution is -0.870. The Bertz CT molecular complexity index is 1120. The van der Waals surface area contributed by atoms with E-state index in [1.165, 1.54) is 64.2 Å². The van der Waals surface area contributed by atoms with E-state index >= 15 is 0 Å². The number of unbranched alkanes of at least 4 members (excludes halogenated alkanes) is 15.